The van der Waals surface area contributed by atoms with Gasteiger partial charge >= 0.3 is 6.09 Å². The summed E-state index contributed by atoms with van der Waals surface area (Å²) in [7, 11) is 0. The summed E-state index contributed by atoms with van der Waals surface area (Å²) < 4.78 is 4.96. The van der Waals surface area contributed by atoms with Crippen LogP contribution in [-0.4, -0.2) is 42.0 Å². The minimum Gasteiger partial charge on any atom is -0.447 e. The third kappa shape index (κ3) is 3.35. The Labute approximate surface area is 168 Å². The molecule has 2 aromatic rings. The number of cyclic esters (lactones) is 1. The molecule has 3 amide bonds. The molecule has 7 nitrogen and oxygen atoms in total. The maximum atomic E-state index is 12.7. The predicted octanol–water partition coefficient (Wildman–Crippen LogP) is 2.77. The highest BCUT2D eigenvalue weighted by Gasteiger charge is 2.36. The topological polar surface area (TPSA) is 79.0 Å². The zero-order valence-corrected chi connectivity index (χ0v) is 16.1. The average molecular weight is 391 g/mol. The van der Waals surface area contributed by atoms with E-state index in [9.17, 15) is 14.4 Å². The fraction of sp³-hybridized carbons (Fsp3) is 0.227. The van der Waals surface area contributed by atoms with Crippen molar-refractivity contribution in [2.75, 3.05) is 18.1 Å². The van der Waals surface area contributed by atoms with E-state index in [1.807, 2.05) is 36.4 Å². The Morgan fingerprint density at radius 3 is 2.62 bits per heavy atom. The molecule has 1 atom stereocenters. The van der Waals surface area contributed by atoms with E-state index in [-0.39, 0.29) is 24.5 Å². The molecule has 0 radical (unpaired) electrons. The maximum absolute atomic E-state index is 12.7. The summed E-state index contributed by atoms with van der Waals surface area (Å²) >= 11 is 0. The van der Waals surface area contributed by atoms with Gasteiger partial charge in [-0.05, 0) is 30.7 Å². The zero-order chi connectivity index (χ0) is 20.5. The number of rotatable bonds is 5. The lowest BCUT2D eigenvalue weighted by Gasteiger charge is -2.24. The highest BCUT2D eigenvalue weighted by molar-refractivity contribution is 6.10. The van der Waals surface area contributed by atoms with E-state index in [1.54, 1.807) is 24.0 Å². The minimum atomic E-state index is -0.695. The van der Waals surface area contributed by atoms with Crippen molar-refractivity contribution >= 4 is 29.3 Å². The SMILES string of the molecule is C=C1c2ccccc2C(=O)N1C(C)C(=O)NCc1cccc(N2CCOC2=O)c1. The molecule has 4 rings (SSSR count). The number of anilines is 1. The van der Waals surface area contributed by atoms with Crippen LogP contribution in [0.4, 0.5) is 10.5 Å². The molecule has 0 saturated carbocycles. The summed E-state index contributed by atoms with van der Waals surface area (Å²) in [6.07, 6.45) is -0.370. The number of carbonyl (C=O) groups excluding carboxylic acids is 3. The van der Waals surface area contributed by atoms with Crippen molar-refractivity contribution in [1.82, 2.24) is 10.2 Å². The Balaban J connectivity index is 1.42. The summed E-state index contributed by atoms with van der Waals surface area (Å²) in [6.45, 7) is 6.82. The Morgan fingerprint density at radius 1 is 1.17 bits per heavy atom. The Bertz CT molecular complexity index is 982. The van der Waals surface area contributed by atoms with Gasteiger partial charge in [0.1, 0.15) is 12.6 Å². The van der Waals surface area contributed by atoms with Gasteiger partial charge in [-0.2, -0.15) is 0 Å². The lowest BCUT2D eigenvalue weighted by atomic mass is 10.1. The molecule has 2 aliphatic heterocycles. The molecular weight excluding hydrogens is 370 g/mol. The van der Waals surface area contributed by atoms with Crippen LogP contribution in [0, 0.1) is 0 Å². The molecule has 0 spiro atoms. The van der Waals surface area contributed by atoms with Crippen LogP contribution in [0.15, 0.2) is 55.1 Å². The van der Waals surface area contributed by atoms with Crippen LogP contribution in [-0.2, 0) is 16.1 Å². The molecule has 1 unspecified atom stereocenters. The number of ether oxygens (including phenoxy) is 1. The molecule has 148 valence electrons. The lowest BCUT2D eigenvalue weighted by molar-refractivity contribution is -0.124. The van der Waals surface area contributed by atoms with E-state index in [2.05, 4.69) is 11.9 Å². The first-order valence-electron chi connectivity index (χ1n) is 9.40. The summed E-state index contributed by atoms with van der Waals surface area (Å²) in [5.41, 5.74) is 3.41. The molecule has 2 aliphatic rings. The fourth-order valence-corrected chi connectivity index (χ4v) is 3.63. The van der Waals surface area contributed by atoms with Gasteiger partial charge in [-0.3, -0.25) is 19.4 Å². The molecule has 0 bridgehead atoms. The fourth-order valence-electron chi connectivity index (χ4n) is 3.63. The van der Waals surface area contributed by atoms with Crippen LogP contribution in [0.5, 0.6) is 0 Å². The standard InChI is InChI=1S/C22H21N3O4/c1-14-18-8-3-4-9-19(18)21(27)25(14)15(2)20(26)23-13-16-6-5-7-17(12-16)24-10-11-29-22(24)28/h3-9,12,15H,1,10-11,13H2,2H3,(H,23,26). The molecule has 1 N–H and O–H groups in total. The third-order valence-corrected chi connectivity index (χ3v) is 5.19. The van der Waals surface area contributed by atoms with E-state index < -0.39 is 6.04 Å². The number of nitrogens with zero attached hydrogens (tertiary/aromatic N) is 2. The van der Waals surface area contributed by atoms with Crippen LogP contribution in [0.25, 0.3) is 5.70 Å². The van der Waals surface area contributed by atoms with Crippen molar-refractivity contribution < 1.29 is 19.1 Å². The third-order valence-electron chi connectivity index (χ3n) is 5.19. The van der Waals surface area contributed by atoms with E-state index >= 15 is 0 Å². The first-order chi connectivity index (χ1) is 14.0. The van der Waals surface area contributed by atoms with Crippen LogP contribution in [0.2, 0.25) is 0 Å². The van der Waals surface area contributed by atoms with Gasteiger partial charge in [0, 0.05) is 29.1 Å². The van der Waals surface area contributed by atoms with Crippen LogP contribution in [0.1, 0.15) is 28.4 Å². The first kappa shape index (κ1) is 18.7. The van der Waals surface area contributed by atoms with E-state index in [0.29, 0.717) is 24.4 Å². The smallest absolute Gasteiger partial charge is 0.414 e. The molecule has 2 heterocycles. The second-order valence-electron chi connectivity index (χ2n) is 7.00. The van der Waals surface area contributed by atoms with Crippen LogP contribution in [0.3, 0.4) is 0 Å². The van der Waals surface area contributed by atoms with E-state index in [1.165, 1.54) is 4.90 Å². The normalized spacial score (nSPS) is 16.7. The van der Waals surface area contributed by atoms with Crippen molar-refractivity contribution in [2.24, 2.45) is 0 Å². The van der Waals surface area contributed by atoms with Gasteiger partial charge in [0.25, 0.3) is 5.91 Å². The number of hydrogen-bond acceptors (Lipinski definition) is 4. The number of benzene rings is 2. The second-order valence-corrected chi connectivity index (χ2v) is 7.00. The largest absolute Gasteiger partial charge is 0.447 e. The van der Waals surface area contributed by atoms with Crippen LogP contribution >= 0.6 is 0 Å². The van der Waals surface area contributed by atoms with Crippen molar-refractivity contribution in [3.63, 3.8) is 0 Å². The first-order valence-corrected chi connectivity index (χ1v) is 9.40. The van der Waals surface area contributed by atoms with Gasteiger partial charge in [0.15, 0.2) is 0 Å². The van der Waals surface area contributed by atoms with Gasteiger partial charge < -0.3 is 10.1 Å². The van der Waals surface area contributed by atoms with Crippen molar-refractivity contribution in [1.29, 1.82) is 0 Å². The molecular formula is C22H21N3O4. The number of nitrogens with one attached hydrogen (secondary N) is 1. The Kier molecular flexibility index (Phi) is 4.80. The number of amides is 3. The monoisotopic (exact) mass is 391 g/mol. The summed E-state index contributed by atoms with van der Waals surface area (Å²) in [4.78, 5) is 40.1. The highest BCUT2D eigenvalue weighted by atomic mass is 16.6. The quantitative estimate of drug-likeness (QED) is 0.850. The molecule has 1 saturated heterocycles. The van der Waals surface area contributed by atoms with Gasteiger partial charge in [0.2, 0.25) is 5.91 Å². The summed E-state index contributed by atoms with van der Waals surface area (Å²) in [6, 6.07) is 13.9. The molecule has 2 aromatic carbocycles. The number of hydrogen-bond donors (Lipinski definition) is 1. The summed E-state index contributed by atoms with van der Waals surface area (Å²) in [5.74, 6) is -0.499. The van der Waals surface area contributed by atoms with E-state index in [0.717, 1.165) is 16.8 Å². The van der Waals surface area contributed by atoms with Crippen molar-refractivity contribution in [2.45, 2.75) is 19.5 Å². The van der Waals surface area contributed by atoms with Gasteiger partial charge in [0.05, 0.1) is 6.54 Å². The maximum Gasteiger partial charge on any atom is 0.414 e. The van der Waals surface area contributed by atoms with E-state index in [4.69, 9.17) is 4.74 Å². The molecule has 1 fully saturated rings. The lowest BCUT2D eigenvalue weighted by Crippen LogP contribution is -2.44. The van der Waals surface area contributed by atoms with Crippen LogP contribution < -0.4 is 10.2 Å². The molecule has 0 aliphatic carbocycles. The Morgan fingerprint density at radius 2 is 1.93 bits per heavy atom. The van der Waals surface area contributed by atoms with Crippen molar-refractivity contribution in [3.05, 3.63) is 71.8 Å². The summed E-state index contributed by atoms with van der Waals surface area (Å²) in [5, 5.41) is 2.86. The highest BCUT2D eigenvalue weighted by Crippen LogP contribution is 2.32. The van der Waals surface area contributed by atoms with Crippen molar-refractivity contribution in [3.8, 4) is 0 Å². The molecule has 7 heteroatoms. The predicted molar refractivity (Wildman–Crippen MR) is 108 cm³/mol. The number of fused-ring (bicyclic) bond motifs is 1. The van der Waals surface area contributed by atoms with Gasteiger partial charge in [-0.1, -0.05) is 36.9 Å². The molecule has 0 aromatic heterocycles. The molecule has 29 heavy (non-hydrogen) atoms. The second kappa shape index (κ2) is 7.43. The zero-order valence-electron chi connectivity index (χ0n) is 16.1. The minimum absolute atomic E-state index is 0.220. The average Bonchev–Trinajstić information content (AvgIpc) is 3.27. The number of carbonyl (C=O) groups is 3. The Hall–Kier alpha value is -3.61. The van der Waals surface area contributed by atoms with Gasteiger partial charge in [-0.15, -0.1) is 0 Å². The van der Waals surface area contributed by atoms with Gasteiger partial charge in [-0.25, -0.2) is 4.79 Å².